The number of alkyl halides is 3. The topological polar surface area (TPSA) is 43.6 Å². The van der Waals surface area contributed by atoms with E-state index in [9.17, 15) is 13.2 Å². The average molecular weight is 337 g/mol. The average Bonchev–Trinajstić information content (AvgIpc) is 2.82. The summed E-state index contributed by atoms with van der Waals surface area (Å²) in [5.74, 6) is 0. The van der Waals surface area contributed by atoms with Gasteiger partial charge in [-0.3, -0.25) is 0 Å². The number of aromatic nitrogens is 4. The van der Waals surface area contributed by atoms with Crippen LogP contribution in [0, 0.1) is 0 Å². The molecule has 1 atom stereocenters. The van der Waals surface area contributed by atoms with E-state index in [1.165, 1.54) is 11.8 Å². The molecule has 2 rings (SSSR count). The summed E-state index contributed by atoms with van der Waals surface area (Å²) < 4.78 is 38.1. The summed E-state index contributed by atoms with van der Waals surface area (Å²) in [7, 11) is 0. The molecule has 0 saturated carbocycles. The Morgan fingerprint density at radius 2 is 1.95 bits per heavy atom. The quantitative estimate of drug-likeness (QED) is 0.770. The Kier molecular flexibility index (Phi) is 5.10. The number of benzene rings is 1. The molecule has 0 aliphatic heterocycles. The molecule has 1 unspecified atom stereocenters. The Labute approximate surface area is 128 Å². The molecule has 0 aliphatic rings. The van der Waals surface area contributed by atoms with Gasteiger partial charge in [-0.1, -0.05) is 42.4 Å². The second-order valence-corrected chi connectivity index (χ2v) is 5.91. The van der Waals surface area contributed by atoms with Gasteiger partial charge in [0.1, 0.15) is 6.54 Å². The fraction of sp³-hybridized carbons (Fsp3) is 0.417. The van der Waals surface area contributed by atoms with Crippen LogP contribution in [0.2, 0.25) is 5.02 Å². The van der Waals surface area contributed by atoms with E-state index in [0.717, 1.165) is 16.7 Å². The van der Waals surface area contributed by atoms with Crippen molar-refractivity contribution in [2.75, 3.05) is 0 Å². The van der Waals surface area contributed by atoms with Gasteiger partial charge in [-0.15, -0.1) is 5.10 Å². The Bertz CT molecular complexity index is 585. The molecule has 114 valence electrons. The monoisotopic (exact) mass is 336 g/mol. The minimum absolute atomic E-state index is 0.0414. The lowest BCUT2D eigenvalue weighted by Crippen LogP contribution is -2.19. The van der Waals surface area contributed by atoms with Crippen LogP contribution in [-0.4, -0.2) is 26.4 Å². The molecule has 0 radical (unpaired) electrons. The molecule has 4 nitrogen and oxygen atoms in total. The standard InChI is InChI=1S/C12H12ClF3N4S/c1-2-10(8-3-5-9(13)6-4-8)21-11-17-18-19-20(11)7-12(14,15)16/h3-6,10H,2,7H2,1H3. The van der Waals surface area contributed by atoms with Gasteiger partial charge in [0.05, 0.1) is 0 Å². The predicted octanol–water partition coefficient (Wildman–Crippen LogP) is 4.13. The van der Waals surface area contributed by atoms with Gasteiger partial charge >= 0.3 is 6.18 Å². The zero-order valence-corrected chi connectivity index (χ0v) is 12.6. The zero-order valence-electron chi connectivity index (χ0n) is 11.0. The summed E-state index contributed by atoms with van der Waals surface area (Å²) in [5.41, 5.74) is 0.966. The number of rotatable bonds is 5. The van der Waals surface area contributed by atoms with Gasteiger partial charge in [0, 0.05) is 10.3 Å². The van der Waals surface area contributed by atoms with Gasteiger partial charge in [0.2, 0.25) is 5.16 Å². The third-order valence-electron chi connectivity index (χ3n) is 2.69. The van der Waals surface area contributed by atoms with Crippen molar-refractivity contribution in [1.29, 1.82) is 0 Å². The van der Waals surface area contributed by atoms with Crippen LogP contribution < -0.4 is 0 Å². The van der Waals surface area contributed by atoms with Crippen LogP contribution in [0.4, 0.5) is 13.2 Å². The van der Waals surface area contributed by atoms with E-state index in [1.807, 2.05) is 19.1 Å². The maximum Gasteiger partial charge on any atom is 0.408 e. The SMILES string of the molecule is CCC(Sc1nnnn1CC(F)(F)F)c1ccc(Cl)cc1. The molecular formula is C12H12ClF3N4S. The number of halogens is 4. The first-order chi connectivity index (χ1) is 9.89. The van der Waals surface area contributed by atoms with Crippen molar-refractivity contribution < 1.29 is 13.2 Å². The first-order valence-corrected chi connectivity index (χ1v) is 7.40. The van der Waals surface area contributed by atoms with Gasteiger partial charge in [-0.2, -0.15) is 13.2 Å². The zero-order chi connectivity index (χ0) is 15.5. The Morgan fingerprint density at radius 3 is 2.52 bits per heavy atom. The lowest BCUT2D eigenvalue weighted by atomic mass is 10.1. The first kappa shape index (κ1) is 16.1. The summed E-state index contributed by atoms with van der Waals surface area (Å²) in [6, 6.07) is 7.19. The molecule has 0 saturated heterocycles. The van der Waals surface area contributed by atoms with Crippen molar-refractivity contribution in [2.24, 2.45) is 0 Å². The summed E-state index contributed by atoms with van der Waals surface area (Å²) in [4.78, 5) is 0. The number of hydrogen-bond acceptors (Lipinski definition) is 4. The maximum absolute atomic E-state index is 12.4. The summed E-state index contributed by atoms with van der Waals surface area (Å²) in [6.07, 6.45) is -3.63. The van der Waals surface area contributed by atoms with Crippen molar-refractivity contribution in [3.05, 3.63) is 34.9 Å². The van der Waals surface area contributed by atoms with Gasteiger partial charge in [-0.05, 0) is 34.5 Å². The molecule has 1 aromatic carbocycles. The molecule has 0 bridgehead atoms. The van der Waals surface area contributed by atoms with Crippen molar-refractivity contribution in [2.45, 2.75) is 36.5 Å². The van der Waals surface area contributed by atoms with Crippen LogP contribution in [0.5, 0.6) is 0 Å². The van der Waals surface area contributed by atoms with Crippen LogP contribution in [-0.2, 0) is 6.54 Å². The highest BCUT2D eigenvalue weighted by Crippen LogP contribution is 2.37. The van der Waals surface area contributed by atoms with Crippen LogP contribution >= 0.6 is 23.4 Å². The van der Waals surface area contributed by atoms with E-state index in [-0.39, 0.29) is 10.4 Å². The van der Waals surface area contributed by atoms with Crippen LogP contribution in [0.3, 0.4) is 0 Å². The van der Waals surface area contributed by atoms with Gasteiger partial charge in [0.25, 0.3) is 0 Å². The van der Waals surface area contributed by atoms with E-state index >= 15 is 0 Å². The van der Waals surface area contributed by atoms with Crippen LogP contribution in [0.1, 0.15) is 24.2 Å². The third-order valence-corrected chi connectivity index (χ3v) is 4.33. The Balaban J connectivity index is 2.16. The van der Waals surface area contributed by atoms with Crippen LogP contribution in [0.15, 0.2) is 29.4 Å². The fourth-order valence-electron chi connectivity index (χ4n) is 1.74. The summed E-state index contributed by atoms with van der Waals surface area (Å²) in [5, 5.41) is 11.1. The van der Waals surface area contributed by atoms with Crippen molar-refractivity contribution in [1.82, 2.24) is 20.2 Å². The predicted molar refractivity (Wildman–Crippen MR) is 74.2 cm³/mol. The molecule has 0 fully saturated rings. The van der Waals surface area contributed by atoms with Gasteiger partial charge in [0.15, 0.2) is 0 Å². The second kappa shape index (κ2) is 6.65. The lowest BCUT2D eigenvalue weighted by molar-refractivity contribution is -0.144. The first-order valence-electron chi connectivity index (χ1n) is 6.14. The molecule has 0 aliphatic carbocycles. The van der Waals surface area contributed by atoms with Crippen molar-refractivity contribution in [3.8, 4) is 0 Å². The Morgan fingerprint density at radius 1 is 1.29 bits per heavy atom. The molecule has 0 spiro atoms. The van der Waals surface area contributed by atoms with E-state index in [0.29, 0.717) is 5.02 Å². The minimum atomic E-state index is -4.35. The van der Waals surface area contributed by atoms with E-state index < -0.39 is 12.7 Å². The molecule has 1 aromatic heterocycles. The van der Waals surface area contributed by atoms with E-state index in [2.05, 4.69) is 15.5 Å². The summed E-state index contributed by atoms with van der Waals surface area (Å²) in [6.45, 7) is 0.754. The number of tetrazole rings is 1. The number of nitrogens with zero attached hydrogens (tertiary/aromatic N) is 4. The highest BCUT2D eigenvalue weighted by molar-refractivity contribution is 7.99. The van der Waals surface area contributed by atoms with Crippen molar-refractivity contribution >= 4 is 23.4 Å². The molecule has 0 amide bonds. The highest BCUT2D eigenvalue weighted by atomic mass is 35.5. The highest BCUT2D eigenvalue weighted by Gasteiger charge is 2.30. The molecule has 2 aromatic rings. The molecule has 21 heavy (non-hydrogen) atoms. The largest absolute Gasteiger partial charge is 0.408 e. The van der Waals surface area contributed by atoms with E-state index in [1.54, 1.807) is 12.1 Å². The second-order valence-electron chi connectivity index (χ2n) is 4.30. The molecule has 1 heterocycles. The molecular weight excluding hydrogens is 325 g/mol. The van der Waals surface area contributed by atoms with Crippen molar-refractivity contribution in [3.63, 3.8) is 0 Å². The van der Waals surface area contributed by atoms with Crippen LogP contribution in [0.25, 0.3) is 0 Å². The normalized spacial score (nSPS) is 13.4. The third kappa shape index (κ3) is 4.60. The van der Waals surface area contributed by atoms with E-state index in [4.69, 9.17) is 11.6 Å². The maximum atomic E-state index is 12.4. The summed E-state index contributed by atoms with van der Waals surface area (Å²) >= 11 is 7.04. The number of thioether (sulfide) groups is 1. The minimum Gasteiger partial charge on any atom is -0.211 e. The van der Waals surface area contributed by atoms with Gasteiger partial charge < -0.3 is 0 Å². The Hall–Kier alpha value is -1.28. The molecule has 0 N–H and O–H groups in total. The smallest absolute Gasteiger partial charge is 0.211 e. The lowest BCUT2D eigenvalue weighted by Gasteiger charge is -2.15. The number of hydrogen-bond donors (Lipinski definition) is 0. The molecule has 9 heteroatoms. The van der Waals surface area contributed by atoms with Gasteiger partial charge in [-0.25, -0.2) is 4.68 Å². The fourth-order valence-corrected chi connectivity index (χ4v) is 2.89.